The lowest BCUT2D eigenvalue weighted by Crippen LogP contribution is -1.94. The molecule has 0 aliphatic carbocycles. The number of para-hydroxylation sites is 3. The SMILES string of the molecule is c1ccc2c(c1)ccc1c3cc(-c4ccc5c(c4)c4ccccc4n5-c4cccc5c4oc4ccccc45)ncc3sc21. The third-order valence-electron chi connectivity index (χ3n) is 8.84. The molecule has 0 spiro atoms. The van der Waals surface area contributed by atoms with Crippen LogP contribution in [0.1, 0.15) is 0 Å². The van der Waals surface area contributed by atoms with Crippen LogP contribution in [0.4, 0.5) is 0 Å². The van der Waals surface area contributed by atoms with Crippen molar-refractivity contribution in [2.24, 2.45) is 0 Å². The highest BCUT2D eigenvalue weighted by Gasteiger charge is 2.18. The van der Waals surface area contributed by atoms with Crippen molar-refractivity contribution < 1.29 is 4.42 Å². The number of hydrogen-bond donors (Lipinski definition) is 0. The van der Waals surface area contributed by atoms with Gasteiger partial charge in [-0.25, -0.2) is 0 Å². The van der Waals surface area contributed by atoms with Gasteiger partial charge < -0.3 is 8.98 Å². The van der Waals surface area contributed by atoms with E-state index in [0.29, 0.717) is 0 Å². The smallest absolute Gasteiger partial charge is 0.159 e. The third-order valence-corrected chi connectivity index (χ3v) is 10.0. The molecule has 0 atom stereocenters. The van der Waals surface area contributed by atoms with Gasteiger partial charge in [0.2, 0.25) is 0 Å². The van der Waals surface area contributed by atoms with E-state index >= 15 is 0 Å². The maximum absolute atomic E-state index is 6.46. The highest BCUT2D eigenvalue weighted by Crippen LogP contribution is 2.41. The maximum atomic E-state index is 6.46. The van der Waals surface area contributed by atoms with Crippen molar-refractivity contribution in [3.63, 3.8) is 0 Å². The number of thiophene rings is 1. The second-order valence-electron chi connectivity index (χ2n) is 11.2. The molecule has 0 bridgehead atoms. The second-order valence-corrected chi connectivity index (χ2v) is 12.2. The number of aromatic nitrogens is 2. The number of hydrogen-bond acceptors (Lipinski definition) is 3. The van der Waals surface area contributed by atoms with Crippen molar-refractivity contribution in [1.29, 1.82) is 0 Å². The number of fused-ring (bicyclic) bond motifs is 11. The lowest BCUT2D eigenvalue weighted by molar-refractivity contribution is 0.666. The van der Waals surface area contributed by atoms with Crippen LogP contribution in [0.15, 0.2) is 138 Å². The molecule has 4 aromatic heterocycles. The number of nitrogens with zero attached hydrogens (tertiary/aromatic N) is 2. The van der Waals surface area contributed by atoms with Gasteiger partial charge in [-0.2, -0.15) is 0 Å². The molecule has 0 fully saturated rings. The van der Waals surface area contributed by atoms with Crippen LogP contribution in [0.3, 0.4) is 0 Å². The Labute approximate surface area is 249 Å². The normalized spacial score (nSPS) is 12.2. The minimum absolute atomic E-state index is 0.902. The summed E-state index contributed by atoms with van der Waals surface area (Å²) >= 11 is 1.83. The van der Waals surface area contributed by atoms with Gasteiger partial charge in [0.15, 0.2) is 5.58 Å². The Morgan fingerprint density at radius 3 is 2.30 bits per heavy atom. The average molecular weight is 567 g/mol. The van der Waals surface area contributed by atoms with Crippen LogP contribution in [0, 0.1) is 0 Å². The molecule has 6 aromatic carbocycles. The Morgan fingerprint density at radius 2 is 1.35 bits per heavy atom. The predicted octanol–water partition coefficient (Wildman–Crippen LogP) is 11.3. The molecule has 3 nitrogen and oxygen atoms in total. The third kappa shape index (κ3) is 3.21. The molecular formula is C39H22N2OS. The monoisotopic (exact) mass is 566 g/mol. The lowest BCUT2D eigenvalue weighted by Gasteiger charge is -2.09. The van der Waals surface area contributed by atoms with E-state index in [4.69, 9.17) is 9.40 Å². The van der Waals surface area contributed by atoms with E-state index in [2.05, 4.69) is 120 Å². The fraction of sp³-hybridized carbons (Fsp3) is 0. The topological polar surface area (TPSA) is 31.0 Å². The van der Waals surface area contributed by atoms with Gasteiger partial charge in [0.25, 0.3) is 0 Å². The maximum Gasteiger partial charge on any atom is 0.159 e. The first kappa shape index (κ1) is 23.1. The van der Waals surface area contributed by atoms with Gasteiger partial charge in [-0.05, 0) is 47.2 Å². The summed E-state index contributed by atoms with van der Waals surface area (Å²) in [5.41, 5.74) is 7.25. The Bertz CT molecular complexity index is 2740. The Kier molecular flexibility index (Phi) is 4.60. The van der Waals surface area contributed by atoms with Crippen LogP contribution in [-0.2, 0) is 0 Å². The van der Waals surface area contributed by atoms with E-state index in [1.54, 1.807) is 0 Å². The first-order valence-corrected chi connectivity index (χ1v) is 15.3. The lowest BCUT2D eigenvalue weighted by atomic mass is 10.0. The molecule has 4 heterocycles. The van der Waals surface area contributed by atoms with Crippen molar-refractivity contribution >= 4 is 86.0 Å². The van der Waals surface area contributed by atoms with E-state index in [1.807, 2.05) is 29.7 Å². The van der Waals surface area contributed by atoms with E-state index in [9.17, 15) is 0 Å². The van der Waals surface area contributed by atoms with E-state index < -0.39 is 0 Å². The van der Waals surface area contributed by atoms with Crippen molar-refractivity contribution in [1.82, 2.24) is 9.55 Å². The zero-order chi connectivity index (χ0) is 28.1. The standard InChI is InChI=1S/C39H22N2OS/c1-2-9-25-23(8-1)16-18-29-31-21-32(40-22-37(31)43-39(25)29)24-17-19-34-30(20-24)26-10-3-5-13-33(26)41(34)35-14-7-12-28-27-11-4-6-15-36(27)42-38(28)35/h1-22H. The summed E-state index contributed by atoms with van der Waals surface area (Å²) in [6.45, 7) is 0. The van der Waals surface area contributed by atoms with Gasteiger partial charge in [-0.3, -0.25) is 4.98 Å². The van der Waals surface area contributed by atoms with Crippen LogP contribution in [0.2, 0.25) is 0 Å². The van der Waals surface area contributed by atoms with Crippen molar-refractivity contribution in [2.45, 2.75) is 0 Å². The van der Waals surface area contributed by atoms with Crippen LogP contribution in [0.5, 0.6) is 0 Å². The molecular weight excluding hydrogens is 545 g/mol. The van der Waals surface area contributed by atoms with E-state index in [1.165, 1.54) is 41.7 Å². The number of rotatable bonds is 2. The molecule has 0 aliphatic rings. The second kappa shape index (κ2) is 8.54. The van der Waals surface area contributed by atoms with Crippen LogP contribution in [0.25, 0.3) is 91.6 Å². The first-order chi connectivity index (χ1) is 21.3. The Balaban J connectivity index is 1.20. The molecule has 4 heteroatoms. The summed E-state index contributed by atoms with van der Waals surface area (Å²) in [5.74, 6) is 0. The largest absolute Gasteiger partial charge is 0.454 e. The number of benzene rings is 6. The highest BCUT2D eigenvalue weighted by atomic mass is 32.1. The Morgan fingerprint density at radius 1 is 0.558 bits per heavy atom. The molecule has 0 N–H and O–H groups in total. The average Bonchev–Trinajstić information content (AvgIpc) is 3.74. The van der Waals surface area contributed by atoms with Crippen molar-refractivity contribution in [3.8, 4) is 16.9 Å². The first-order valence-electron chi connectivity index (χ1n) is 14.5. The molecule has 0 saturated carbocycles. The fourth-order valence-corrected chi connectivity index (χ4v) is 8.06. The Hall–Kier alpha value is -5.45. The van der Waals surface area contributed by atoms with Gasteiger partial charge in [-0.15, -0.1) is 11.3 Å². The van der Waals surface area contributed by atoms with Crippen LogP contribution < -0.4 is 0 Å². The molecule has 0 radical (unpaired) electrons. The minimum Gasteiger partial charge on any atom is -0.454 e. The van der Waals surface area contributed by atoms with Gasteiger partial charge in [-0.1, -0.05) is 91.0 Å². The molecule has 0 aliphatic heterocycles. The van der Waals surface area contributed by atoms with Crippen LogP contribution in [-0.4, -0.2) is 9.55 Å². The zero-order valence-electron chi connectivity index (χ0n) is 22.9. The molecule has 200 valence electrons. The molecule has 0 amide bonds. The van der Waals surface area contributed by atoms with E-state index in [0.717, 1.165) is 49.9 Å². The molecule has 10 rings (SSSR count). The quantitative estimate of drug-likeness (QED) is 0.208. The number of pyridine rings is 1. The summed E-state index contributed by atoms with van der Waals surface area (Å²) in [7, 11) is 0. The van der Waals surface area contributed by atoms with Crippen molar-refractivity contribution in [3.05, 3.63) is 134 Å². The summed E-state index contributed by atoms with van der Waals surface area (Å²) in [4.78, 5) is 4.96. The van der Waals surface area contributed by atoms with Gasteiger partial charge in [0.05, 0.1) is 27.1 Å². The summed E-state index contributed by atoms with van der Waals surface area (Å²) in [6, 6.07) is 45.4. The predicted molar refractivity (Wildman–Crippen MR) is 182 cm³/mol. The molecule has 10 aromatic rings. The highest BCUT2D eigenvalue weighted by molar-refractivity contribution is 7.26. The van der Waals surface area contributed by atoms with Crippen LogP contribution >= 0.6 is 11.3 Å². The minimum atomic E-state index is 0.902. The molecule has 43 heavy (non-hydrogen) atoms. The van der Waals surface area contributed by atoms with Gasteiger partial charge >= 0.3 is 0 Å². The summed E-state index contributed by atoms with van der Waals surface area (Å²) in [5, 5.41) is 9.80. The zero-order valence-corrected chi connectivity index (χ0v) is 23.7. The summed E-state index contributed by atoms with van der Waals surface area (Å²) in [6.07, 6.45) is 2.04. The summed E-state index contributed by atoms with van der Waals surface area (Å²) < 4.78 is 11.3. The number of furan rings is 1. The van der Waals surface area contributed by atoms with E-state index in [-0.39, 0.29) is 0 Å². The molecule has 0 unspecified atom stereocenters. The van der Waals surface area contributed by atoms with Crippen molar-refractivity contribution in [2.75, 3.05) is 0 Å². The van der Waals surface area contributed by atoms with Gasteiger partial charge in [0.1, 0.15) is 5.58 Å². The fourth-order valence-electron chi connectivity index (χ4n) is 6.87. The molecule has 0 saturated heterocycles. The van der Waals surface area contributed by atoms with Gasteiger partial charge in [0, 0.05) is 48.8 Å².